The number of hydrogen-bond donors (Lipinski definition) is 2. The topological polar surface area (TPSA) is 67.8 Å². The Morgan fingerprint density at radius 1 is 1.47 bits per heavy atom. The highest BCUT2D eigenvalue weighted by Crippen LogP contribution is 2.25. The Hall–Kier alpha value is -0.650. The zero-order valence-corrected chi connectivity index (χ0v) is 12.2. The van der Waals surface area contributed by atoms with E-state index in [1.54, 1.807) is 6.92 Å². The molecule has 1 saturated carbocycles. The van der Waals surface area contributed by atoms with Gasteiger partial charge in [-0.05, 0) is 25.7 Å². The standard InChI is InChI=1S/C14H27NO4/c1-10-5-4-6-13(7-10)19-9-12(16)8-15-11(2)14(17)18-3/h10-13,15-16H,4-9H2,1-3H3. The second kappa shape index (κ2) is 8.51. The summed E-state index contributed by atoms with van der Waals surface area (Å²) in [4.78, 5) is 11.2. The van der Waals surface area contributed by atoms with Gasteiger partial charge in [0.1, 0.15) is 6.04 Å². The number of ether oxygens (including phenoxy) is 2. The highest BCUT2D eigenvalue weighted by molar-refractivity contribution is 5.75. The second-order valence-electron chi connectivity index (χ2n) is 5.53. The molecule has 19 heavy (non-hydrogen) atoms. The smallest absolute Gasteiger partial charge is 0.322 e. The van der Waals surface area contributed by atoms with Gasteiger partial charge < -0.3 is 19.9 Å². The zero-order chi connectivity index (χ0) is 14.3. The van der Waals surface area contributed by atoms with E-state index in [2.05, 4.69) is 17.0 Å². The predicted molar refractivity (Wildman–Crippen MR) is 72.9 cm³/mol. The number of carbonyl (C=O) groups excluding carboxylic acids is 1. The lowest BCUT2D eigenvalue weighted by Crippen LogP contribution is -2.41. The molecule has 1 fully saturated rings. The van der Waals surface area contributed by atoms with Gasteiger partial charge in [0.2, 0.25) is 0 Å². The first-order valence-electron chi connectivity index (χ1n) is 7.13. The van der Waals surface area contributed by atoms with E-state index in [4.69, 9.17) is 4.74 Å². The van der Waals surface area contributed by atoms with Crippen LogP contribution in [0.5, 0.6) is 0 Å². The van der Waals surface area contributed by atoms with Crippen molar-refractivity contribution in [2.45, 2.75) is 57.8 Å². The molecule has 1 aliphatic carbocycles. The first kappa shape index (κ1) is 16.4. The van der Waals surface area contributed by atoms with Crippen molar-refractivity contribution < 1.29 is 19.4 Å². The molecule has 0 spiro atoms. The number of aliphatic hydroxyl groups is 1. The molecule has 5 nitrogen and oxygen atoms in total. The van der Waals surface area contributed by atoms with Gasteiger partial charge >= 0.3 is 5.97 Å². The quantitative estimate of drug-likeness (QED) is 0.680. The highest BCUT2D eigenvalue weighted by Gasteiger charge is 2.20. The van der Waals surface area contributed by atoms with Gasteiger partial charge in [-0.25, -0.2) is 0 Å². The van der Waals surface area contributed by atoms with E-state index < -0.39 is 12.1 Å². The van der Waals surface area contributed by atoms with Crippen molar-refractivity contribution in [2.24, 2.45) is 5.92 Å². The maximum Gasteiger partial charge on any atom is 0.322 e. The van der Waals surface area contributed by atoms with Crippen LogP contribution in [0.2, 0.25) is 0 Å². The Bertz CT molecular complexity index is 272. The monoisotopic (exact) mass is 273 g/mol. The van der Waals surface area contributed by atoms with Crippen LogP contribution < -0.4 is 5.32 Å². The van der Waals surface area contributed by atoms with Gasteiger partial charge in [-0.1, -0.05) is 19.8 Å². The maximum atomic E-state index is 11.2. The minimum Gasteiger partial charge on any atom is -0.468 e. The number of esters is 1. The molecule has 0 radical (unpaired) electrons. The molecule has 0 heterocycles. The van der Waals surface area contributed by atoms with E-state index >= 15 is 0 Å². The largest absolute Gasteiger partial charge is 0.468 e. The SMILES string of the molecule is COC(=O)C(C)NCC(O)COC1CCCC(C)C1. The number of hydrogen-bond acceptors (Lipinski definition) is 5. The van der Waals surface area contributed by atoms with Crippen molar-refractivity contribution in [1.82, 2.24) is 5.32 Å². The number of aliphatic hydroxyl groups excluding tert-OH is 1. The Morgan fingerprint density at radius 3 is 2.84 bits per heavy atom. The van der Waals surface area contributed by atoms with Gasteiger partial charge in [-0.3, -0.25) is 4.79 Å². The van der Waals surface area contributed by atoms with Crippen molar-refractivity contribution in [1.29, 1.82) is 0 Å². The Kier molecular flexibility index (Phi) is 7.34. The lowest BCUT2D eigenvalue weighted by atomic mass is 9.89. The van der Waals surface area contributed by atoms with Crippen LogP contribution in [0.3, 0.4) is 0 Å². The summed E-state index contributed by atoms with van der Waals surface area (Å²) in [5.74, 6) is 0.391. The van der Waals surface area contributed by atoms with E-state index in [9.17, 15) is 9.90 Å². The van der Waals surface area contributed by atoms with Crippen LogP contribution in [-0.2, 0) is 14.3 Å². The van der Waals surface area contributed by atoms with E-state index in [-0.39, 0.29) is 12.1 Å². The zero-order valence-electron chi connectivity index (χ0n) is 12.2. The molecular weight excluding hydrogens is 246 g/mol. The van der Waals surface area contributed by atoms with E-state index in [0.717, 1.165) is 12.8 Å². The lowest BCUT2D eigenvalue weighted by molar-refractivity contribution is -0.142. The van der Waals surface area contributed by atoms with Crippen molar-refractivity contribution in [3.8, 4) is 0 Å². The minimum absolute atomic E-state index is 0.274. The summed E-state index contributed by atoms with van der Waals surface area (Å²) in [6.45, 7) is 4.60. The molecule has 4 unspecified atom stereocenters. The van der Waals surface area contributed by atoms with Gasteiger partial charge in [-0.15, -0.1) is 0 Å². The minimum atomic E-state index is -0.593. The van der Waals surface area contributed by atoms with Crippen molar-refractivity contribution in [3.05, 3.63) is 0 Å². The maximum absolute atomic E-state index is 11.2. The summed E-state index contributed by atoms with van der Waals surface area (Å²) < 4.78 is 10.3. The molecule has 112 valence electrons. The van der Waals surface area contributed by atoms with Crippen molar-refractivity contribution in [3.63, 3.8) is 0 Å². The summed E-state index contributed by atoms with van der Waals surface area (Å²) >= 11 is 0. The molecule has 0 bridgehead atoms. The molecule has 2 N–H and O–H groups in total. The molecule has 1 aliphatic rings. The van der Waals surface area contributed by atoms with Crippen molar-refractivity contribution in [2.75, 3.05) is 20.3 Å². The van der Waals surface area contributed by atoms with Crippen LogP contribution in [0.4, 0.5) is 0 Å². The van der Waals surface area contributed by atoms with Crippen LogP contribution in [0.25, 0.3) is 0 Å². The van der Waals surface area contributed by atoms with Gasteiger partial charge in [0.25, 0.3) is 0 Å². The Labute approximate surface area is 115 Å². The van der Waals surface area contributed by atoms with Crippen molar-refractivity contribution >= 4 is 5.97 Å². The van der Waals surface area contributed by atoms with Crippen LogP contribution >= 0.6 is 0 Å². The van der Waals surface area contributed by atoms with E-state index in [1.165, 1.54) is 20.0 Å². The summed E-state index contributed by atoms with van der Waals surface area (Å²) in [5, 5.41) is 12.7. The first-order chi connectivity index (χ1) is 9.02. The molecule has 0 aromatic rings. The van der Waals surface area contributed by atoms with Crippen LogP contribution in [0.1, 0.15) is 39.5 Å². The second-order valence-corrected chi connectivity index (χ2v) is 5.53. The summed E-state index contributed by atoms with van der Waals surface area (Å²) in [7, 11) is 1.35. The fraction of sp³-hybridized carbons (Fsp3) is 0.929. The third-order valence-corrected chi connectivity index (χ3v) is 3.63. The highest BCUT2D eigenvalue weighted by atomic mass is 16.5. The Balaban J connectivity index is 2.13. The van der Waals surface area contributed by atoms with Crippen LogP contribution in [0.15, 0.2) is 0 Å². The van der Waals surface area contributed by atoms with Crippen LogP contribution in [0, 0.1) is 5.92 Å². The third-order valence-electron chi connectivity index (χ3n) is 3.63. The fourth-order valence-electron chi connectivity index (χ4n) is 2.41. The molecule has 0 saturated heterocycles. The van der Waals surface area contributed by atoms with Gasteiger partial charge in [0.05, 0.1) is 25.9 Å². The molecule has 5 heteroatoms. The summed E-state index contributed by atoms with van der Waals surface area (Å²) in [5.41, 5.74) is 0. The van der Waals surface area contributed by atoms with Gasteiger partial charge in [0, 0.05) is 6.54 Å². The van der Waals surface area contributed by atoms with Gasteiger partial charge in [0.15, 0.2) is 0 Å². The number of nitrogens with one attached hydrogen (secondary N) is 1. The number of carbonyl (C=O) groups is 1. The molecule has 1 rings (SSSR count). The fourth-order valence-corrected chi connectivity index (χ4v) is 2.41. The molecule has 0 aromatic heterocycles. The predicted octanol–water partition coefficient (Wildman–Crippen LogP) is 1.09. The first-order valence-corrected chi connectivity index (χ1v) is 7.13. The summed E-state index contributed by atoms with van der Waals surface area (Å²) in [6.07, 6.45) is 4.34. The number of methoxy groups -OCH3 is 1. The number of rotatable bonds is 7. The average Bonchev–Trinajstić information content (AvgIpc) is 2.41. The third kappa shape index (κ3) is 6.36. The molecule has 0 amide bonds. The van der Waals surface area contributed by atoms with E-state index in [1.807, 2.05) is 0 Å². The molecule has 0 aliphatic heterocycles. The summed E-state index contributed by atoms with van der Waals surface area (Å²) in [6, 6.07) is -0.408. The van der Waals surface area contributed by atoms with E-state index in [0.29, 0.717) is 19.1 Å². The normalized spacial score (nSPS) is 26.7. The molecule has 4 atom stereocenters. The average molecular weight is 273 g/mol. The lowest BCUT2D eigenvalue weighted by Gasteiger charge is -2.27. The Morgan fingerprint density at radius 2 is 2.21 bits per heavy atom. The van der Waals surface area contributed by atoms with Gasteiger partial charge in [-0.2, -0.15) is 0 Å². The molecular formula is C14H27NO4. The van der Waals surface area contributed by atoms with Crippen LogP contribution in [-0.4, -0.2) is 49.6 Å². The molecule has 0 aromatic carbocycles.